The van der Waals surface area contributed by atoms with Crippen molar-refractivity contribution < 1.29 is 9.13 Å². The predicted molar refractivity (Wildman–Crippen MR) is 86.5 cm³/mol. The van der Waals surface area contributed by atoms with Gasteiger partial charge >= 0.3 is 0 Å². The van der Waals surface area contributed by atoms with Crippen molar-refractivity contribution in [1.29, 1.82) is 0 Å². The van der Waals surface area contributed by atoms with Gasteiger partial charge in [0.1, 0.15) is 11.6 Å². The third-order valence-electron chi connectivity index (χ3n) is 3.06. The first-order chi connectivity index (χ1) is 9.94. The van der Waals surface area contributed by atoms with Gasteiger partial charge in [0.15, 0.2) is 0 Å². The van der Waals surface area contributed by atoms with E-state index in [0.717, 1.165) is 17.7 Å². The van der Waals surface area contributed by atoms with E-state index in [1.165, 1.54) is 11.6 Å². The largest absolute Gasteiger partial charge is 0.493 e. The number of thiophene rings is 1. The molecule has 1 aromatic carbocycles. The number of benzene rings is 1. The van der Waals surface area contributed by atoms with Gasteiger partial charge in [-0.1, -0.05) is 0 Å². The molecule has 4 heteroatoms. The SMILES string of the molecule is CC(C)(C)NCc1cc(F)ccc1OCCc1ccsc1. The Kier molecular flexibility index (Phi) is 5.37. The van der Waals surface area contributed by atoms with Crippen LogP contribution in [0, 0.1) is 5.82 Å². The number of hydrogen-bond acceptors (Lipinski definition) is 3. The summed E-state index contributed by atoms with van der Waals surface area (Å²) in [7, 11) is 0. The summed E-state index contributed by atoms with van der Waals surface area (Å²) in [5, 5.41) is 7.55. The smallest absolute Gasteiger partial charge is 0.123 e. The number of nitrogens with one attached hydrogen (secondary N) is 1. The van der Waals surface area contributed by atoms with E-state index in [1.54, 1.807) is 23.5 Å². The van der Waals surface area contributed by atoms with Crippen molar-refractivity contribution in [3.05, 3.63) is 52.0 Å². The molecular formula is C17H22FNOS. The van der Waals surface area contributed by atoms with E-state index in [0.29, 0.717) is 13.2 Å². The Balaban J connectivity index is 1.97. The number of halogens is 1. The van der Waals surface area contributed by atoms with E-state index >= 15 is 0 Å². The zero-order valence-electron chi connectivity index (χ0n) is 12.8. The van der Waals surface area contributed by atoms with Gasteiger partial charge in [-0.2, -0.15) is 11.3 Å². The zero-order chi connectivity index (χ0) is 15.3. The Morgan fingerprint density at radius 3 is 2.71 bits per heavy atom. The van der Waals surface area contributed by atoms with E-state index in [1.807, 2.05) is 0 Å². The van der Waals surface area contributed by atoms with Crippen LogP contribution in [0.15, 0.2) is 35.0 Å². The molecule has 0 atom stereocenters. The summed E-state index contributed by atoms with van der Waals surface area (Å²) in [6, 6.07) is 6.79. The highest BCUT2D eigenvalue weighted by Gasteiger charge is 2.12. The molecule has 21 heavy (non-hydrogen) atoms. The molecular weight excluding hydrogens is 285 g/mol. The first-order valence-corrected chi connectivity index (χ1v) is 8.06. The molecule has 2 nitrogen and oxygen atoms in total. The third-order valence-corrected chi connectivity index (χ3v) is 3.79. The van der Waals surface area contributed by atoms with Gasteiger partial charge in [0.05, 0.1) is 6.61 Å². The van der Waals surface area contributed by atoms with Crippen LogP contribution in [-0.4, -0.2) is 12.1 Å². The second-order valence-electron chi connectivity index (χ2n) is 6.09. The number of rotatable bonds is 6. The summed E-state index contributed by atoms with van der Waals surface area (Å²) in [6.07, 6.45) is 0.868. The lowest BCUT2D eigenvalue weighted by Crippen LogP contribution is -2.35. The van der Waals surface area contributed by atoms with Crippen molar-refractivity contribution in [1.82, 2.24) is 5.32 Å². The summed E-state index contributed by atoms with van der Waals surface area (Å²) < 4.78 is 19.3. The van der Waals surface area contributed by atoms with E-state index < -0.39 is 0 Å². The fourth-order valence-electron chi connectivity index (χ4n) is 1.90. The Morgan fingerprint density at radius 1 is 1.24 bits per heavy atom. The van der Waals surface area contributed by atoms with Crippen LogP contribution in [0.25, 0.3) is 0 Å². The molecule has 0 aliphatic rings. The molecule has 0 bridgehead atoms. The van der Waals surface area contributed by atoms with Crippen LogP contribution in [0.2, 0.25) is 0 Å². The minimum atomic E-state index is -0.231. The highest BCUT2D eigenvalue weighted by atomic mass is 32.1. The number of hydrogen-bond donors (Lipinski definition) is 1. The molecule has 1 aromatic heterocycles. The average molecular weight is 307 g/mol. The molecule has 2 aromatic rings. The molecule has 1 heterocycles. The van der Waals surface area contributed by atoms with Gasteiger partial charge in [-0.3, -0.25) is 0 Å². The van der Waals surface area contributed by atoms with Crippen molar-refractivity contribution >= 4 is 11.3 Å². The molecule has 1 N–H and O–H groups in total. The van der Waals surface area contributed by atoms with Crippen LogP contribution in [0.1, 0.15) is 31.9 Å². The molecule has 0 spiro atoms. The van der Waals surface area contributed by atoms with Gasteiger partial charge in [-0.25, -0.2) is 4.39 Å². The summed E-state index contributed by atoms with van der Waals surface area (Å²) in [4.78, 5) is 0. The first kappa shape index (κ1) is 16.0. The van der Waals surface area contributed by atoms with Crippen LogP contribution in [0.5, 0.6) is 5.75 Å². The summed E-state index contributed by atoms with van der Waals surface area (Å²) in [5.74, 6) is 0.522. The van der Waals surface area contributed by atoms with E-state index in [4.69, 9.17) is 4.74 Å². The molecule has 114 valence electrons. The Morgan fingerprint density at radius 2 is 2.05 bits per heavy atom. The predicted octanol–water partition coefficient (Wildman–Crippen LogP) is 4.40. The lowest BCUT2D eigenvalue weighted by Gasteiger charge is -2.21. The van der Waals surface area contributed by atoms with Gasteiger partial charge in [-0.05, 0) is 61.4 Å². The minimum absolute atomic E-state index is 0.0136. The highest BCUT2D eigenvalue weighted by Crippen LogP contribution is 2.21. The van der Waals surface area contributed by atoms with Crippen molar-refractivity contribution in [2.24, 2.45) is 0 Å². The van der Waals surface area contributed by atoms with Crippen LogP contribution < -0.4 is 10.1 Å². The van der Waals surface area contributed by atoms with Crippen LogP contribution >= 0.6 is 11.3 Å². The molecule has 0 saturated carbocycles. The first-order valence-electron chi connectivity index (χ1n) is 7.11. The Labute approximate surface area is 130 Å². The Hall–Kier alpha value is -1.39. The van der Waals surface area contributed by atoms with Gasteiger partial charge in [0.25, 0.3) is 0 Å². The van der Waals surface area contributed by atoms with Crippen molar-refractivity contribution in [2.75, 3.05) is 6.61 Å². The third kappa shape index (κ3) is 5.48. The van der Waals surface area contributed by atoms with Gasteiger partial charge in [0.2, 0.25) is 0 Å². The van der Waals surface area contributed by atoms with Gasteiger partial charge in [-0.15, -0.1) is 0 Å². The fourth-order valence-corrected chi connectivity index (χ4v) is 2.60. The lowest BCUT2D eigenvalue weighted by molar-refractivity contribution is 0.314. The summed E-state index contributed by atoms with van der Waals surface area (Å²) >= 11 is 1.69. The van der Waals surface area contributed by atoms with Gasteiger partial charge in [0, 0.05) is 24.1 Å². The summed E-state index contributed by atoms with van der Waals surface area (Å²) in [6.45, 7) is 7.45. The second kappa shape index (κ2) is 7.05. The quantitative estimate of drug-likeness (QED) is 0.854. The monoisotopic (exact) mass is 307 g/mol. The molecule has 0 fully saturated rings. The minimum Gasteiger partial charge on any atom is -0.493 e. The van der Waals surface area contributed by atoms with Crippen molar-refractivity contribution in [3.63, 3.8) is 0 Å². The molecule has 0 aliphatic heterocycles. The topological polar surface area (TPSA) is 21.3 Å². The van der Waals surface area contributed by atoms with Crippen molar-refractivity contribution in [2.45, 2.75) is 39.3 Å². The van der Waals surface area contributed by atoms with E-state index in [-0.39, 0.29) is 11.4 Å². The Bertz CT molecular complexity index is 561. The maximum atomic E-state index is 13.4. The van der Waals surface area contributed by atoms with Crippen LogP contribution in [-0.2, 0) is 13.0 Å². The van der Waals surface area contributed by atoms with Crippen LogP contribution in [0.3, 0.4) is 0 Å². The van der Waals surface area contributed by atoms with Crippen molar-refractivity contribution in [3.8, 4) is 5.75 Å². The molecule has 0 aliphatic carbocycles. The average Bonchev–Trinajstić information content (AvgIpc) is 2.91. The lowest BCUT2D eigenvalue weighted by atomic mass is 10.1. The van der Waals surface area contributed by atoms with Crippen LogP contribution in [0.4, 0.5) is 4.39 Å². The maximum absolute atomic E-state index is 13.4. The molecule has 0 amide bonds. The molecule has 0 saturated heterocycles. The normalized spacial score (nSPS) is 11.6. The second-order valence-corrected chi connectivity index (χ2v) is 6.87. The molecule has 0 unspecified atom stereocenters. The standard InChI is InChI=1S/C17H22FNOS/c1-17(2,3)19-11-14-10-15(18)4-5-16(14)20-8-6-13-7-9-21-12-13/h4-5,7,9-10,12,19H,6,8,11H2,1-3H3. The van der Waals surface area contributed by atoms with E-state index in [2.05, 4.69) is 42.9 Å². The fraction of sp³-hybridized carbons (Fsp3) is 0.412. The van der Waals surface area contributed by atoms with Gasteiger partial charge < -0.3 is 10.1 Å². The molecule has 0 radical (unpaired) electrons. The molecule has 2 rings (SSSR count). The highest BCUT2D eigenvalue weighted by molar-refractivity contribution is 7.07. The zero-order valence-corrected chi connectivity index (χ0v) is 13.6. The van der Waals surface area contributed by atoms with E-state index in [9.17, 15) is 4.39 Å². The number of ether oxygens (including phenoxy) is 1. The summed E-state index contributed by atoms with van der Waals surface area (Å²) in [5.41, 5.74) is 2.12. The maximum Gasteiger partial charge on any atom is 0.123 e.